The first kappa shape index (κ1) is 16.8. The molecule has 3 rings (SSSR count). The van der Waals surface area contributed by atoms with Gasteiger partial charge in [0.2, 0.25) is 5.91 Å². The van der Waals surface area contributed by atoms with E-state index >= 15 is 0 Å². The van der Waals surface area contributed by atoms with E-state index in [1.807, 2.05) is 18.2 Å². The largest absolute Gasteiger partial charge is 0.492 e. The smallest absolute Gasteiger partial charge is 0.220 e. The van der Waals surface area contributed by atoms with E-state index in [0.717, 1.165) is 18.7 Å². The topological polar surface area (TPSA) is 50.4 Å². The van der Waals surface area contributed by atoms with E-state index < -0.39 is 0 Å². The standard InChI is InChI=1S/C19H21ClN2O2/c20-17-4-1-2-5-18(17)24-9-3-6-19(23)22-11-14-7-8-15-12-21-13-16(15)10-14/h1-2,4-5,7-8,10,21H,3,6,9,11-13H2,(H,22,23). The first-order chi connectivity index (χ1) is 11.7. The Morgan fingerprint density at radius 3 is 2.88 bits per heavy atom. The summed E-state index contributed by atoms with van der Waals surface area (Å²) in [4.78, 5) is 11.9. The van der Waals surface area contributed by atoms with Gasteiger partial charge in [0.05, 0.1) is 11.6 Å². The number of nitrogens with one attached hydrogen (secondary N) is 2. The average Bonchev–Trinajstić information content (AvgIpc) is 3.06. The number of hydrogen-bond acceptors (Lipinski definition) is 3. The number of benzene rings is 2. The summed E-state index contributed by atoms with van der Waals surface area (Å²) in [6, 6.07) is 13.7. The van der Waals surface area contributed by atoms with E-state index in [0.29, 0.717) is 36.8 Å². The lowest BCUT2D eigenvalue weighted by atomic mass is 10.1. The van der Waals surface area contributed by atoms with Crippen molar-refractivity contribution in [1.82, 2.24) is 10.6 Å². The molecule has 0 spiro atoms. The highest BCUT2D eigenvalue weighted by atomic mass is 35.5. The minimum atomic E-state index is 0.0383. The molecule has 0 aromatic heterocycles. The van der Waals surface area contributed by atoms with Crippen LogP contribution in [0.5, 0.6) is 5.75 Å². The fourth-order valence-corrected chi connectivity index (χ4v) is 2.91. The van der Waals surface area contributed by atoms with Crippen molar-refractivity contribution >= 4 is 17.5 Å². The number of fused-ring (bicyclic) bond motifs is 1. The number of carbonyl (C=O) groups excluding carboxylic acids is 1. The number of ether oxygens (including phenoxy) is 1. The molecule has 0 aliphatic carbocycles. The molecule has 1 aliphatic rings. The Labute approximate surface area is 147 Å². The maximum Gasteiger partial charge on any atom is 0.220 e. The van der Waals surface area contributed by atoms with Crippen molar-refractivity contribution in [2.45, 2.75) is 32.5 Å². The van der Waals surface area contributed by atoms with Crippen molar-refractivity contribution < 1.29 is 9.53 Å². The molecule has 5 heteroatoms. The van der Waals surface area contributed by atoms with Gasteiger partial charge in [0.1, 0.15) is 5.75 Å². The fraction of sp³-hybridized carbons (Fsp3) is 0.316. The summed E-state index contributed by atoms with van der Waals surface area (Å²) in [5.74, 6) is 0.697. The van der Waals surface area contributed by atoms with E-state index in [1.54, 1.807) is 6.07 Å². The fourth-order valence-electron chi connectivity index (χ4n) is 2.72. The van der Waals surface area contributed by atoms with Crippen molar-refractivity contribution in [2.24, 2.45) is 0 Å². The molecule has 0 radical (unpaired) electrons. The van der Waals surface area contributed by atoms with Crippen LogP contribution in [-0.2, 0) is 24.4 Å². The lowest BCUT2D eigenvalue weighted by Crippen LogP contribution is -2.23. The highest BCUT2D eigenvalue weighted by molar-refractivity contribution is 6.32. The van der Waals surface area contributed by atoms with Gasteiger partial charge in [-0.05, 0) is 35.2 Å². The molecule has 1 aliphatic heterocycles. The minimum absolute atomic E-state index is 0.0383. The molecule has 0 bridgehead atoms. The average molecular weight is 345 g/mol. The highest BCUT2D eigenvalue weighted by Crippen LogP contribution is 2.23. The van der Waals surface area contributed by atoms with Crippen LogP contribution in [-0.4, -0.2) is 12.5 Å². The molecule has 0 unspecified atom stereocenters. The molecule has 2 aromatic rings. The second kappa shape index (κ2) is 8.18. The molecule has 0 atom stereocenters. The maximum absolute atomic E-state index is 11.9. The first-order valence-corrected chi connectivity index (χ1v) is 8.55. The maximum atomic E-state index is 11.9. The van der Waals surface area contributed by atoms with Gasteiger partial charge in [0.25, 0.3) is 0 Å². The quantitative estimate of drug-likeness (QED) is 0.757. The lowest BCUT2D eigenvalue weighted by Gasteiger charge is -2.09. The second-order valence-electron chi connectivity index (χ2n) is 5.87. The predicted molar refractivity (Wildman–Crippen MR) is 95.0 cm³/mol. The molecule has 1 amide bonds. The highest BCUT2D eigenvalue weighted by Gasteiger charge is 2.10. The summed E-state index contributed by atoms with van der Waals surface area (Å²) in [5.41, 5.74) is 3.81. The van der Waals surface area contributed by atoms with Crippen LogP contribution in [0.15, 0.2) is 42.5 Å². The first-order valence-electron chi connectivity index (χ1n) is 8.18. The molecular formula is C19H21ClN2O2. The molecule has 1 heterocycles. The summed E-state index contributed by atoms with van der Waals surface area (Å²) in [5, 5.41) is 6.87. The Morgan fingerprint density at radius 1 is 1.17 bits per heavy atom. The van der Waals surface area contributed by atoms with E-state index in [4.69, 9.17) is 16.3 Å². The molecule has 0 saturated heterocycles. The lowest BCUT2D eigenvalue weighted by molar-refractivity contribution is -0.121. The van der Waals surface area contributed by atoms with Crippen LogP contribution in [0.2, 0.25) is 5.02 Å². The summed E-state index contributed by atoms with van der Waals surface area (Å²) in [7, 11) is 0. The van der Waals surface area contributed by atoms with Crippen molar-refractivity contribution in [3.63, 3.8) is 0 Å². The molecule has 2 N–H and O–H groups in total. The normalized spacial score (nSPS) is 12.7. The summed E-state index contributed by atoms with van der Waals surface area (Å²) in [6.07, 6.45) is 1.10. The Morgan fingerprint density at radius 2 is 2.00 bits per heavy atom. The van der Waals surface area contributed by atoms with Gasteiger partial charge in [-0.1, -0.05) is 41.9 Å². The van der Waals surface area contributed by atoms with Gasteiger partial charge < -0.3 is 15.4 Å². The van der Waals surface area contributed by atoms with E-state index in [1.165, 1.54) is 11.1 Å². The Hall–Kier alpha value is -2.04. The van der Waals surface area contributed by atoms with Gasteiger partial charge in [-0.25, -0.2) is 0 Å². The Balaban J connectivity index is 1.36. The third-order valence-electron chi connectivity index (χ3n) is 4.03. The molecular weight excluding hydrogens is 324 g/mol. The molecule has 4 nitrogen and oxygen atoms in total. The van der Waals surface area contributed by atoms with Crippen LogP contribution in [0.4, 0.5) is 0 Å². The van der Waals surface area contributed by atoms with Crippen LogP contribution in [0.25, 0.3) is 0 Å². The third-order valence-corrected chi connectivity index (χ3v) is 4.35. The van der Waals surface area contributed by atoms with Gasteiger partial charge in [0, 0.05) is 26.1 Å². The van der Waals surface area contributed by atoms with Gasteiger partial charge in [0.15, 0.2) is 0 Å². The zero-order valence-corrected chi connectivity index (χ0v) is 14.2. The van der Waals surface area contributed by atoms with Crippen LogP contribution >= 0.6 is 11.6 Å². The van der Waals surface area contributed by atoms with Gasteiger partial charge in [-0.3, -0.25) is 4.79 Å². The molecule has 0 saturated carbocycles. The van der Waals surface area contributed by atoms with Crippen LogP contribution in [0.3, 0.4) is 0 Å². The monoisotopic (exact) mass is 344 g/mol. The molecule has 0 fully saturated rings. The molecule has 2 aromatic carbocycles. The SMILES string of the molecule is O=C(CCCOc1ccccc1Cl)NCc1ccc2c(c1)CNC2. The molecule has 24 heavy (non-hydrogen) atoms. The number of rotatable bonds is 7. The number of carbonyl (C=O) groups is 1. The van der Waals surface area contributed by atoms with Crippen LogP contribution in [0, 0.1) is 0 Å². The second-order valence-corrected chi connectivity index (χ2v) is 6.27. The summed E-state index contributed by atoms with van der Waals surface area (Å²) >= 11 is 6.01. The summed E-state index contributed by atoms with van der Waals surface area (Å²) in [6.45, 7) is 2.89. The van der Waals surface area contributed by atoms with E-state index in [2.05, 4.69) is 28.8 Å². The van der Waals surface area contributed by atoms with Crippen molar-refractivity contribution in [3.8, 4) is 5.75 Å². The summed E-state index contributed by atoms with van der Waals surface area (Å²) < 4.78 is 5.58. The zero-order chi connectivity index (χ0) is 16.8. The number of hydrogen-bond donors (Lipinski definition) is 2. The Bertz CT molecular complexity index is 718. The predicted octanol–water partition coefficient (Wildman–Crippen LogP) is 3.42. The van der Waals surface area contributed by atoms with Crippen molar-refractivity contribution in [1.29, 1.82) is 0 Å². The van der Waals surface area contributed by atoms with Gasteiger partial charge in [-0.2, -0.15) is 0 Å². The van der Waals surface area contributed by atoms with Gasteiger partial charge in [-0.15, -0.1) is 0 Å². The number of halogens is 1. The van der Waals surface area contributed by atoms with E-state index in [-0.39, 0.29) is 5.91 Å². The zero-order valence-electron chi connectivity index (χ0n) is 13.5. The Kier molecular flexibility index (Phi) is 5.72. The molecule has 126 valence electrons. The van der Waals surface area contributed by atoms with E-state index in [9.17, 15) is 4.79 Å². The van der Waals surface area contributed by atoms with Crippen molar-refractivity contribution in [2.75, 3.05) is 6.61 Å². The van der Waals surface area contributed by atoms with Crippen LogP contribution in [0.1, 0.15) is 29.5 Å². The number of amides is 1. The third kappa shape index (κ3) is 4.49. The van der Waals surface area contributed by atoms with Crippen LogP contribution < -0.4 is 15.4 Å². The van der Waals surface area contributed by atoms with Gasteiger partial charge >= 0.3 is 0 Å². The number of para-hydroxylation sites is 1. The van der Waals surface area contributed by atoms with Crippen molar-refractivity contribution in [3.05, 3.63) is 64.2 Å². The minimum Gasteiger partial charge on any atom is -0.492 e.